The largest absolute Gasteiger partial charge is 0.383 e. The van der Waals surface area contributed by atoms with Gasteiger partial charge in [0, 0.05) is 24.9 Å². The number of fused-ring (bicyclic) bond motifs is 2. The molecular weight excluding hydrogens is 378 g/mol. The summed E-state index contributed by atoms with van der Waals surface area (Å²) in [6.07, 6.45) is 12.5. The third-order valence-corrected chi connectivity index (χ3v) is 6.25. The van der Waals surface area contributed by atoms with Gasteiger partial charge in [-0.2, -0.15) is 10.2 Å². The first kappa shape index (κ1) is 17.6. The third kappa shape index (κ3) is 2.79. The maximum atomic E-state index is 13.0. The minimum atomic E-state index is 0.116. The smallest absolute Gasteiger partial charge is 0.169 e. The molecule has 1 aliphatic carbocycles. The number of carbonyl (C=O) groups is 1. The van der Waals surface area contributed by atoms with Crippen LogP contribution in [0.15, 0.2) is 30.1 Å². The summed E-state index contributed by atoms with van der Waals surface area (Å²) < 4.78 is 3.97. The molecule has 2 aliphatic heterocycles. The Morgan fingerprint density at radius 3 is 2.97 bits per heavy atom. The minimum absolute atomic E-state index is 0.116. The van der Waals surface area contributed by atoms with Crippen LogP contribution in [0.4, 0.5) is 5.82 Å². The molecule has 1 saturated carbocycles. The quantitative estimate of drug-likeness (QED) is 0.651. The Kier molecular flexibility index (Phi) is 3.89. The number of nitrogens with zero attached hydrogens (tertiary/aromatic N) is 5. The highest BCUT2D eigenvalue weighted by molar-refractivity contribution is 6.12. The molecule has 3 aromatic heterocycles. The number of nitrogens with one attached hydrogen (secondary N) is 1. The fraction of sp³-hybridized carbons (Fsp3) is 0.364. The van der Waals surface area contributed by atoms with Crippen molar-refractivity contribution in [1.29, 1.82) is 0 Å². The molecule has 1 atom stereocenters. The first-order valence-electron chi connectivity index (χ1n) is 10.5. The number of ketones is 1. The minimum Gasteiger partial charge on any atom is -0.383 e. The lowest BCUT2D eigenvalue weighted by Crippen LogP contribution is -2.16. The molecule has 0 aromatic carbocycles. The SMILES string of the molecule is Nc1ncc(C(=O)C2CC2)c2c1c(C=C1C=Cc3ccnn3C1)nn2C1CCNC1. The van der Waals surface area contributed by atoms with Crippen LogP contribution in [0.25, 0.3) is 23.1 Å². The van der Waals surface area contributed by atoms with E-state index in [1.165, 1.54) is 0 Å². The van der Waals surface area contributed by atoms with Crippen LogP contribution in [0.2, 0.25) is 0 Å². The molecule has 0 radical (unpaired) electrons. The lowest BCUT2D eigenvalue weighted by Gasteiger charge is -2.13. The zero-order valence-corrected chi connectivity index (χ0v) is 16.6. The van der Waals surface area contributed by atoms with Gasteiger partial charge in [-0.25, -0.2) is 4.98 Å². The van der Waals surface area contributed by atoms with Gasteiger partial charge in [0.15, 0.2) is 5.78 Å². The summed E-state index contributed by atoms with van der Waals surface area (Å²) in [5, 5.41) is 13.5. The van der Waals surface area contributed by atoms with E-state index in [-0.39, 0.29) is 17.7 Å². The molecule has 0 amide bonds. The number of nitrogens with two attached hydrogens (primary N) is 1. The molecule has 5 heterocycles. The van der Waals surface area contributed by atoms with E-state index in [1.54, 1.807) is 12.4 Å². The molecule has 6 rings (SSSR count). The van der Waals surface area contributed by atoms with Crippen LogP contribution in [0.5, 0.6) is 0 Å². The predicted molar refractivity (Wildman–Crippen MR) is 115 cm³/mol. The van der Waals surface area contributed by atoms with E-state index < -0.39 is 0 Å². The van der Waals surface area contributed by atoms with Crippen molar-refractivity contribution in [1.82, 2.24) is 29.9 Å². The van der Waals surface area contributed by atoms with Crippen LogP contribution >= 0.6 is 0 Å². The number of anilines is 1. The Hall–Kier alpha value is -3.26. The second-order valence-electron chi connectivity index (χ2n) is 8.36. The number of hydrogen-bond acceptors (Lipinski definition) is 6. The van der Waals surface area contributed by atoms with Crippen LogP contribution in [0.3, 0.4) is 0 Å². The highest BCUT2D eigenvalue weighted by Crippen LogP contribution is 2.37. The predicted octanol–water partition coefficient (Wildman–Crippen LogP) is 2.45. The Labute approximate surface area is 173 Å². The number of pyridine rings is 1. The standard InChI is InChI=1S/C22H23N7O/c23-22-19-18(9-13-1-4-15-6-8-26-28(15)12-13)27-29(16-5-7-24-10-16)20(19)17(11-25-22)21(30)14-2-3-14/h1,4,6,8-9,11,14,16,24H,2-3,5,7,10,12H2,(H2,23,25). The second-order valence-corrected chi connectivity index (χ2v) is 8.36. The van der Waals surface area contributed by atoms with Crippen molar-refractivity contribution in [3.8, 4) is 0 Å². The van der Waals surface area contributed by atoms with Gasteiger partial charge in [0.25, 0.3) is 0 Å². The number of nitrogen functional groups attached to an aromatic ring is 1. The molecule has 1 saturated heterocycles. The van der Waals surface area contributed by atoms with Crippen LogP contribution < -0.4 is 11.1 Å². The summed E-state index contributed by atoms with van der Waals surface area (Å²) in [6.45, 7) is 2.45. The maximum Gasteiger partial charge on any atom is 0.169 e. The molecule has 3 N–H and O–H groups in total. The summed E-state index contributed by atoms with van der Waals surface area (Å²) >= 11 is 0. The number of rotatable bonds is 4. The zero-order chi connectivity index (χ0) is 20.2. The van der Waals surface area contributed by atoms with Crippen molar-refractivity contribution in [3.63, 3.8) is 0 Å². The van der Waals surface area contributed by atoms with Crippen LogP contribution in [0.1, 0.15) is 47.1 Å². The molecule has 30 heavy (non-hydrogen) atoms. The Balaban J connectivity index is 1.53. The molecule has 1 unspecified atom stereocenters. The van der Waals surface area contributed by atoms with E-state index >= 15 is 0 Å². The van der Waals surface area contributed by atoms with Gasteiger partial charge in [-0.3, -0.25) is 14.2 Å². The summed E-state index contributed by atoms with van der Waals surface area (Å²) in [4.78, 5) is 17.4. The second kappa shape index (κ2) is 6.63. The monoisotopic (exact) mass is 401 g/mol. The number of aromatic nitrogens is 5. The van der Waals surface area contributed by atoms with E-state index in [9.17, 15) is 4.79 Å². The third-order valence-electron chi connectivity index (χ3n) is 6.25. The first-order valence-corrected chi connectivity index (χ1v) is 10.5. The van der Waals surface area contributed by atoms with Gasteiger partial charge in [0.1, 0.15) is 5.82 Å². The van der Waals surface area contributed by atoms with Gasteiger partial charge in [-0.1, -0.05) is 6.08 Å². The molecular formula is C22H23N7O. The van der Waals surface area contributed by atoms with E-state index in [4.69, 9.17) is 10.8 Å². The van der Waals surface area contributed by atoms with E-state index in [1.807, 2.05) is 27.6 Å². The average molecular weight is 401 g/mol. The van der Waals surface area contributed by atoms with Crippen LogP contribution in [-0.2, 0) is 6.54 Å². The average Bonchev–Trinajstić information content (AvgIpc) is 3.14. The fourth-order valence-electron chi connectivity index (χ4n) is 4.49. The molecule has 152 valence electrons. The lowest BCUT2D eigenvalue weighted by molar-refractivity contribution is 0.0968. The van der Waals surface area contributed by atoms with Gasteiger partial charge >= 0.3 is 0 Å². The Bertz CT molecular complexity index is 1220. The maximum absolute atomic E-state index is 13.0. The summed E-state index contributed by atoms with van der Waals surface area (Å²) in [5.41, 5.74) is 10.8. The molecule has 0 spiro atoms. The van der Waals surface area contributed by atoms with Crippen molar-refractivity contribution < 1.29 is 4.79 Å². The number of carbonyl (C=O) groups excluding carboxylic acids is 1. The van der Waals surface area contributed by atoms with Crippen LogP contribution in [-0.4, -0.2) is 43.4 Å². The van der Waals surface area contributed by atoms with E-state index in [0.29, 0.717) is 17.9 Å². The number of allylic oxidation sites excluding steroid dienone is 2. The molecule has 0 bridgehead atoms. The Morgan fingerprint density at radius 2 is 2.17 bits per heavy atom. The van der Waals surface area contributed by atoms with E-state index in [2.05, 4.69) is 21.5 Å². The fourth-order valence-corrected chi connectivity index (χ4v) is 4.49. The number of Topliss-reactive ketones (excluding diaryl/α,β-unsaturated/α-hetero) is 1. The number of hydrogen-bond donors (Lipinski definition) is 2. The van der Waals surface area contributed by atoms with Gasteiger partial charge in [0.05, 0.1) is 40.4 Å². The highest BCUT2D eigenvalue weighted by atomic mass is 16.1. The topological polar surface area (TPSA) is 104 Å². The van der Waals surface area contributed by atoms with Gasteiger partial charge in [0.2, 0.25) is 0 Å². The van der Waals surface area contributed by atoms with Crippen molar-refractivity contribution in [2.24, 2.45) is 5.92 Å². The highest BCUT2D eigenvalue weighted by Gasteiger charge is 2.34. The van der Waals surface area contributed by atoms with Crippen molar-refractivity contribution in [2.75, 3.05) is 18.8 Å². The van der Waals surface area contributed by atoms with Crippen molar-refractivity contribution in [3.05, 3.63) is 47.1 Å². The molecule has 3 aromatic rings. The summed E-state index contributed by atoms with van der Waals surface area (Å²) in [5.74, 6) is 0.698. The van der Waals surface area contributed by atoms with Gasteiger partial charge in [-0.15, -0.1) is 0 Å². The first-order chi connectivity index (χ1) is 14.7. The molecule has 3 aliphatic rings. The van der Waals surface area contributed by atoms with Crippen LogP contribution in [0, 0.1) is 5.92 Å². The Morgan fingerprint density at radius 1 is 1.27 bits per heavy atom. The van der Waals surface area contributed by atoms with E-state index in [0.717, 1.165) is 60.2 Å². The molecule has 2 fully saturated rings. The van der Waals surface area contributed by atoms with Crippen molar-refractivity contribution >= 4 is 34.7 Å². The molecule has 8 nitrogen and oxygen atoms in total. The lowest BCUT2D eigenvalue weighted by atomic mass is 10.0. The molecule has 8 heteroatoms. The normalized spacial score (nSPS) is 22.1. The zero-order valence-electron chi connectivity index (χ0n) is 16.6. The van der Waals surface area contributed by atoms with Gasteiger partial charge in [-0.05, 0) is 49.6 Å². The summed E-state index contributed by atoms with van der Waals surface area (Å²) in [6, 6.07) is 2.19. The summed E-state index contributed by atoms with van der Waals surface area (Å²) in [7, 11) is 0. The van der Waals surface area contributed by atoms with Crippen molar-refractivity contribution in [2.45, 2.75) is 31.8 Å². The van der Waals surface area contributed by atoms with Gasteiger partial charge < -0.3 is 11.1 Å².